The van der Waals surface area contributed by atoms with Crippen LogP contribution < -0.4 is 0 Å². The molecule has 1 aromatic heterocycles. The molecular formula is C20H29N3O3. The highest BCUT2D eigenvalue weighted by molar-refractivity contribution is 5.89. The molecule has 26 heavy (non-hydrogen) atoms. The number of likely N-dealkylation sites (tertiary alicyclic amines) is 2. The fraction of sp³-hybridized carbons (Fsp3) is 0.650. The summed E-state index contributed by atoms with van der Waals surface area (Å²) in [6.45, 7) is 8.50. The van der Waals surface area contributed by atoms with Crippen molar-refractivity contribution in [3.05, 3.63) is 30.1 Å². The third-order valence-electron chi connectivity index (χ3n) is 5.23. The van der Waals surface area contributed by atoms with Crippen molar-refractivity contribution in [2.24, 2.45) is 5.92 Å². The Morgan fingerprint density at radius 2 is 2.00 bits per heavy atom. The number of amides is 2. The lowest BCUT2D eigenvalue weighted by molar-refractivity contribution is -0.138. The summed E-state index contributed by atoms with van der Waals surface area (Å²) in [5.74, 6) is 0.00502. The standard InChI is InChI=1S/C20H29N3O3/c1-20(2,3)23-13-15(12-18(23)24)19(25)22-10-7-17(8-11-22)26-14-16-6-4-5-9-21-16/h4-6,9,15,17H,7-8,10-14H2,1-3H3. The Labute approximate surface area is 155 Å². The van der Waals surface area contributed by atoms with Crippen LogP contribution in [0.5, 0.6) is 0 Å². The average molecular weight is 359 g/mol. The molecule has 1 aromatic rings. The Bertz CT molecular complexity index is 633. The molecular weight excluding hydrogens is 330 g/mol. The molecule has 0 aliphatic carbocycles. The van der Waals surface area contributed by atoms with Gasteiger partial charge in [-0.25, -0.2) is 0 Å². The van der Waals surface area contributed by atoms with E-state index in [1.165, 1.54) is 0 Å². The second-order valence-electron chi connectivity index (χ2n) is 8.23. The topological polar surface area (TPSA) is 62.7 Å². The van der Waals surface area contributed by atoms with E-state index in [-0.39, 0.29) is 29.4 Å². The highest BCUT2D eigenvalue weighted by Gasteiger charge is 2.41. The van der Waals surface area contributed by atoms with Crippen LogP contribution in [0.1, 0.15) is 45.7 Å². The molecule has 6 nitrogen and oxygen atoms in total. The van der Waals surface area contributed by atoms with Gasteiger partial charge in [-0.1, -0.05) is 6.07 Å². The molecule has 3 heterocycles. The number of carbonyl (C=O) groups is 2. The van der Waals surface area contributed by atoms with E-state index in [0.29, 0.717) is 32.7 Å². The van der Waals surface area contributed by atoms with Gasteiger partial charge >= 0.3 is 0 Å². The molecule has 1 atom stereocenters. The summed E-state index contributed by atoms with van der Waals surface area (Å²) in [6.07, 6.45) is 3.94. The molecule has 0 spiro atoms. The van der Waals surface area contributed by atoms with Crippen molar-refractivity contribution < 1.29 is 14.3 Å². The van der Waals surface area contributed by atoms with E-state index in [2.05, 4.69) is 4.98 Å². The zero-order valence-electron chi connectivity index (χ0n) is 16.0. The minimum absolute atomic E-state index is 0.0874. The first-order valence-electron chi connectivity index (χ1n) is 9.45. The zero-order valence-corrected chi connectivity index (χ0v) is 16.0. The molecule has 6 heteroatoms. The van der Waals surface area contributed by atoms with Gasteiger partial charge in [-0.3, -0.25) is 14.6 Å². The van der Waals surface area contributed by atoms with Crippen molar-refractivity contribution in [3.63, 3.8) is 0 Å². The van der Waals surface area contributed by atoms with Crippen LogP contribution in [-0.2, 0) is 20.9 Å². The molecule has 2 aliphatic rings. The molecule has 2 amide bonds. The molecule has 142 valence electrons. The van der Waals surface area contributed by atoms with Gasteiger partial charge in [0.1, 0.15) is 0 Å². The molecule has 0 saturated carbocycles. The number of hydrogen-bond donors (Lipinski definition) is 0. The van der Waals surface area contributed by atoms with Crippen LogP contribution in [0.25, 0.3) is 0 Å². The number of carbonyl (C=O) groups excluding carboxylic acids is 2. The number of nitrogens with zero attached hydrogens (tertiary/aromatic N) is 3. The molecule has 2 fully saturated rings. The molecule has 0 radical (unpaired) electrons. The molecule has 0 bridgehead atoms. The lowest BCUT2D eigenvalue weighted by Crippen LogP contribution is -2.46. The first-order valence-corrected chi connectivity index (χ1v) is 9.45. The fourth-order valence-electron chi connectivity index (χ4n) is 3.71. The third kappa shape index (κ3) is 4.41. The van der Waals surface area contributed by atoms with Crippen LogP contribution >= 0.6 is 0 Å². The van der Waals surface area contributed by atoms with Crippen LogP contribution in [0.4, 0.5) is 0 Å². The van der Waals surface area contributed by atoms with E-state index in [9.17, 15) is 9.59 Å². The molecule has 0 N–H and O–H groups in total. The van der Waals surface area contributed by atoms with Gasteiger partial charge < -0.3 is 14.5 Å². The third-order valence-corrected chi connectivity index (χ3v) is 5.23. The van der Waals surface area contributed by atoms with Gasteiger partial charge in [0.15, 0.2) is 0 Å². The minimum Gasteiger partial charge on any atom is -0.372 e. The zero-order chi connectivity index (χ0) is 18.7. The highest BCUT2D eigenvalue weighted by Crippen LogP contribution is 2.28. The largest absolute Gasteiger partial charge is 0.372 e. The molecule has 2 aliphatic heterocycles. The Balaban J connectivity index is 1.46. The van der Waals surface area contributed by atoms with Gasteiger partial charge in [-0.05, 0) is 45.7 Å². The number of ether oxygens (including phenoxy) is 1. The van der Waals surface area contributed by atoms with Crippen molar-refractivity contribution in [2.75, 3.05) is 19.6 Å². The summed E-state index contributed by atoms with van der Waals surface area (Å²) in [5, 5.41) is 0. The minimum atomic E-state index is -0.224. The van der Waals surface area contributed by atoms with Crippen molar-refractivity contribution >= 4 is 11.8 Å². The van der Waals surface area contributed by atoms with Crippen LogP contribution in [0, 0.1) is 5.92 Å². The smallest absolute Gasteiger partial charge is 0.227 e. The monoisotopic (exact) mass is 359 g/mol. The highest BCUT2D eigenvalue weighted by atomic mass is 16.5. The maximum atomic E-state index is 12.8. The van der Waals surface area contributed by atoms with Crippen LogP contribution in [-0.4, -0.2) is 57.9 Å². The first-order chi connectivity index (χ1) is 12.3. The van der Waals surface area contributed by atoms with Gasteiger partial charge in [0, 0.05) is 37.8 Å². The van der Waals surface area contributed by atoms with Gasteiger partial charge in [-0.15, -0.1) is 0 Å². The van der Waals surface area contributed by atoms with Crippen molar-refractivity contribution in [1.29, 1.82) is 0 Å². The van der Waals surface area contributed by atoms with Gasteiger partial charge in [0.05, 0.1) is 24.3 Å². The van der Waals surface area contributed by atoms with Gasteiger partial charge in [0.2, 0.25) is 11.8 Å². The lowest BCUT2D eigenvalue weighted by Gasteiger charge is -2.34. The maximum absolute atomic E-state index is 12.8. The van der Waals surface area contributed by atoms with Crippen molar-refractivity contribution in [2.45, 2.75) is 58.3 Å². The number of piperidine rings is 1. The number of pyridine rings is 1. The number of aromatic nitrogens is 1. The molecule has 2 saturated heterocycles. The van der Waals surface area contributed by atoms with E-state index in [0.717, 1.165) is 18.5 Å². The van der Waals surface area contributed by atoms with Gasteiger partial charge in [-0.2, -0.15) is 0 Å². The van der Waals surface area contributed by atoms with Crippen LogP contribution in [0.3, 0.4) is 0 Å². The summed E-state index contributed by atoms with van der Waals surface area (Å²) in [4.78, 5) is 33.0. The summed E-state index contributed by atoms with van der Waals surface area (Å²) < 4.78 is 5.94. The predicted octanol–water partition coefficient (Wildman–Crippen LogP) is 2.24. The van der Waals surface area contributed by atoms with E-state index < -0.39 is 0 Å². The van der Waals surface area contributed by atoms with E-state index >= 15 is 0 Å². The quantitative estimate of drug-likeness (QED) is 0.827. The summed E-state index contributed by atoms with van der Waals surface area (Å²) >= 11 is 0. The predicted molar refractivity (Wildman–Crippen MR) is 98.2 cm³/mol. The van der Waals surface area contributed by atoms with Crippen LogP contribution in [0.2, 0.25) is 0 Å². The lowest BCUT2D eigenvalue weighted by atomic mass is 10.0. The maximum Gasteiger partial charge on any atom is 0.227 e. The average Bonchev–Trinajstić information content (AvgIpc) is 3.03. The summed E-state index contributed by atoms with van der Waals surface area (Å²) in [7, 11) is 0. The van der Waals surface area contributed by atoms with E-state index in [1.807, 2.05) is 48.8 Å². The van der Waals surface area contributed by atoms with Crippen molar-refractivity contribution in [3.8, 4) is 0 Å². The van der Waals surface area contributed by atoms with Gasteiger partial charge in [0.25, 0.3) is 0 Å². The summed E-state index contributed by atoms with van der Waals surface area (Å²) in [6, 6.07) is 5.80. The molecule has 0 aromatic carbocycles. The first kappa shape index (κ1) is 18.8. The Kier molecular flexibility index (Phi) is 5.61. The SMILES string of the molecule is CC(C)(C)N1CC(C(=O)N2CCC(OCc3ccccn3)CC2)CC1=O. The number of hydrogen-bond acceptors (Lipinski definition) is 4. The molecule has 1 unspecified atom stereocenters. The van der Waals surface area contributed by atoms with Crippen LogP contribution in [0.15, 0.2) is 24.4 Å². The second-order valence-corrected chi connectivity index (χ2v) is 8.23. The Morgan fingerprint density at radius 3 is 2.58 bits per heavy atom. The number of rotatable bonds is 4. The van der Waals surface area contributed by atoms with Crippen molar-refractivity contribution in [1.82, 2.24) is 14.8 Å². The van der Waals surface area contributed by atoms with E-state index in [1.54, 1.807) is 6.20 Å². The normalized spacial score (nSPS) is 22.1. The fourth-order valence-corrected chi connectivity index (χ4v) is 3.71. The van der Waals surface area contributed by atoms with E-state index in [4.69, 9.17) is 4.74 Å². The summed E-state index contributed by atoms with van der Waals surface area (Å²) in [5.41, 5.74) is 0.705. The molecule has 3 rings (SSSR count). The second kappa shape index (κ2) is 7.74. The Morgan fingerprint density at radius 1 is 1.27 bits per heavy atom. The Hall–Kier alpha value is -1.95.